The summed E-state index contributed by atoms with van der Waals surface area (Å²) < 4.78 is 5.79. The Morgan fingerprint density at radius 3 is 2.70 bits per heavy atom. The van der Waals surface area contributed by atoms with Gasteiger partial charge in [0.25, 0.3) is 5.91 Å². The summed E-state index contributed by atoms with van der Waals surface area (Å²) in [5.41, 5.74) is 0.717. The van der Waals surface area contributed by atoms with Gasteiger partial charge in [0.15, 0.2) is 6.10 Å². The maximum absolute atomic E-state index is 12.3. The van der Waals surface area contributed by atoms with Gasteiger partial charge < -0.3 is 20.3 Å². The van der Waals surface area contributed by atoms with Crippen molar-refractivity contribution in [2.45, 2.75) is 45.8 Å². The van der Waals surface area contributed by atoms with Crippen LogP contribution in [0.4, 0.5) is 10.5 Å². The lowest BCUT2D eigenvalue weighted by molar-refractivity contribution is -0.128. The molecule has 1 aliphatic rings. The van der Waals surface area contributed by atoms with Gasteiger partial charge in [0, 0.05) is 12.6 Å². The molecule has 0 spiro atoms. The van der Waals surface area contributed by atoms with Gasteiger partial charge in [-0.05, 0) is 31.9 Å². The van der Waals surface area contributed by atoms with Gasteiger partial charge in [0.05, 0.1) is 18.8 Å². The molecule has 1 aromatic rings. The van der Waals surface area contributed by atoms with Gasteiger partial charge in [-0.1, -0.05) is 26.0 Å². The molecule has 1 aliphatic heterocycles. The maximum Gasteiger partial charge on any atom is 0.321 e. The average Bonchev–Trinajstić information content (AvgIpc) is 2.65. The number of nitrogens with zero attached hydrogens (tertiary/aromatic N) is 1. The maximum atomic E-state index is 12.3. The molecule has 8 heteroatoms. The van der Waals surface area contributed by atoms with Crippen molar-refractivity contribution < 1.29 is 19.1 Å². The quantitative estimate of drug-likeness (QED) is 0.668. The molecule has 148 valence electrons. The van der Waals surface area contributed by atoms with E-state index in [1.807, 2.05) is 39.0 Å². The Bertz CT molecular complexity index is 679. The Morgan fingerprint density at radius 1 is 1.26 bits per heavy atom. The lowest BCUT2D eigenvalue weighted by Gasteiger charge is -2.35. The molecule has 2 atom stereocenters. The number of hydrogen-bond donors (Lipinski definition) is 3. The molecular weight excluding hydrogens is 348 g/mol. The third-order valence-corrected chi connectivity index (χ3v) is 4.28. The monoisotopic (exact) mass is 376 g/mol. The zero-order valence-electron chi connectivity index (χ0n) is 16.1. The Morgan fingerprint density at radius 2 is 2.00 bits per heavy atom. The van der Waals surface area contributed by atoms with E-state index in [0.717, 1.165) is 18.5 Å². The van der Waals surface area contributed by atoms with Gasteiger partial charge >= 0.3 is 6.03 Å². The van der Waals surface area contributed by atoms with E-state index in [0.29, 0.717) is 12.3 Å². The number of ether oxygens (including phenoxy) is 1. The van der Waals surface area contributed by atoms with Gasteiger partial charge in [0.1, 0.15) is 5.75 Å². The number of carbonyl (C=O) groups is 3. The van der Waals surface area contributed by atoms with E-state index < -0.39 is 18.0 Å². The molecule has 0 unspecified atom stereocenters. The number of anilines is 1. The van der Waals surface area contributed by atoms with Crippen LogP contribution in [0.1, 0.15) is 33.6 Å². The summed E-state index contributed by atoms with van der Waals surface area (Å²) in [5, 5.41) is 7.83. The fraction of sp³-hybridized carbons (Fsp3) is 0.526. The van der Waals surface area contributed by atoms with Crippen molar-refractivity contribution >= 4 is 23.5 Å². The van der Waals surface area contributed by atoms with Crippen LogP contribution < -0.4 is 25.6 Å². The zero-order chi connectivity index (χ0) is 19.8. The standard InChI is InChI=1S/C19H28N4O4/c1-4-10-20-18(25)16-11-23(14-8-6-7-9-15(14)27-16)12-17(24)22-19(26)21-13(3)5-2/h6-9,13,16H,4-5,10-12H2,1-3H3,(H,20,25)(H2,21,22,24,26)/t13-,16+/m0/s1. The predicted molar refractivity (Wildman–Crippen MR) is 103 cm³/mol. The highest BCUT2D eigenvalue weighted by Gasteiger charge is 2.31. The number of imide groups is 1. The van der Waals surface area contributed by atoms with Gasteiger partial charge in [0.2, 0.25) is 5.91 Å². The molecule has 0 saturated heterocycles. The highest BCUT2D eigenvalue weighted by Crippen LogP contribution is 2.32. The van der Waals surface area contributed by atoms with Crippen LogP contribution in [-0.2, 0) is 9.59 Å². The van der Waals surface area contributed by atoms with Crippen molar-refractivity contribution in [2.75, 3.05) is 24.5 Å². The van der Waals surface area contributed by atoms with Crippen LogP contribution >= 0.6 is 0 Å². The Hall–Kier alpha value is -2.77. The van der Waals surface area contributed by atoms with Gasteiger partial charge in [-0.25, -0.2) is 4.79 Å². The number of nitrogens with one attached hydrogen (secondary N) is 3. The Kier molecular flexibility index (Phi) is 7.45. The van der Waals surface area contributed by atoms with Crippen molar-refractivity contribution in [3.63, 3.8) is 0 Å². The third-order valence-electron chi connectivity index (χ3n) is 4.28. The number of fused-ring (bicyclic) bond motifs is 1. The van der Waals surface area contributed by atoms with E-state index >= 15 is 0 Å². The summed E-state index contributed by atoms with van der Waals surface area (Å²) in [4.78, 5) is 38.2. The molecule has 0 aliphatic carbocycles. The molecular formula is C19H28N4O4. The van der Waals surface area contributed by atoms with Gasteiger partial charge in [-0.15, -0.1) is 0 Å². The van der Waals surface area contributed by atoms with E-state index in [9.17, 15) is 14.4 Å². The normalized spacial score (nSPS) is 16.6. The predicted octanol–water partition coefficient (Wildman–Crippen LogP) is 1.40. The number of rotatable bonds is 7. The summed E-state index contributed by atoms with van der Waals surface area (Å²) in [7, 11) is 0. The number of benzene rings is 1. The minimum Gasteiger partial charge on any atom is -0.477 e. The molecule has 0 saturated carbocycles. The second-order valence-corrected chi connectivity index (χ2v) is 6.58. The van der Waals surface area contributed by atoms with Crippen LogP contribution in [0.2, 0.25) is 0 Å². The molecule has 0 aromatic heterocycles. The number of para-hydroxylation sites is 2. The second kappa shape index (κ2) is 9.80. The molecule has 1 heterocycles. The number of urea groups is 1. The van der Waals surface area contributed by atoms with Crippen LogP contribution in [0.25, 0.3) is 0 Å². The molecule has 3 N–H and O–H groups in total. The summed E-state index contributed by atoms with van der Waals surface area (Å²) in [6.07, 6.45) is 0.882. The van der Waals surface area contributed by atoms with E-state index in [1.165, 1.54) is 0 Å². The number of hydrogen-bond acceptors (Lipinski definition) is 5. The van der Waals surface area contributed by atoms with Crippen LogP contribution in [0.5, 0.6) is 5.75 Å². The highest BCUT2D eigenvalue weighted by molar-refractivity contribution is 5.97. The summed E-state index contributed by atoms with van der Waals surface area (Å²) in [5.74, 6) is -0.122. The van der Waals surface area contributed by atoms with Crippen LogP contribution in [-0.4, -0.2) is 49.6 Å². The van der Waals surface area contributed by atoms with Crippen molar-refractivity contribution in [2.24, 2.45) is 0 Å². The topological polar surface area (TPSA) is 99.8 Å². The molecule has 2 rings (SSSR count). The molecule has 0 bridgehead atoms. The Labute approximate surface area is 159 Å². The number of amides is 4. The summed E-state index contributed by atoms with van der Waals surface area (Å²) >= 11 is 0. The molecule has 4 amide bonds. The minimum atomic E-state index is -0.715. The smallest absolute Gasteiger partial charge is 0.321 e. The van der Waals surface area contributed by atoms with E-state index in [2.05, 4.69) is 16.0 Å². The van der Waals surface area contributed by atoms with Crippen molar-refractivity contribution in [1.82, 2.24) is 16.0 Å². The fourth-order valence-electron chi connectivity index (χ4n) is 2.66. The highest BCUT2D eigenvalue weighted by atomic mass is 16.5. The van der Waals surface area contributed by atoms with Crippen molar-refractivity contribution in [3.05, 3.63) is 24.3 Å². The molecule has 0 fully saturated rings. The lowest BCUT2D eigenvalue weighted by atomic mass is 10.1. The largest absolute Gasteiger partial charge is 0.477 e. The average molecular weight is 376 g/mol. The van der Waals surface area contributed by atoms with Crippen molar-refractivity contribution in [3.8, 4) is 5.75 Å². The first-order valence-electron chi connectivity index (χ1n) is 9.33. The van der Waals surface area contributed by atoms with E-state index in [-0.39, 0.29) is 25.0 Å². The Balaban J connectivity index is 2.04. The summed E-state index contributed by atoms with van der Waals surface area (Å²) in [6, 6.07) is 6.68. The summed E-state index contributed by atoms with van der Waals surface area (Å²) in [6.45, 7) is 6.52. The zero-order valence-corrected chi connectivity index (χ0v) is 16.1. The van der Waals surface area contributed by atoms with E-state index in [4.69, 9.17) is 4.74 Å². The molecule has 0 radical (unpaired) electrons. The molecule has 27 heavy (non-hydrogen) atoms. The van der Waals surface area contributed by atoms with E-state index in [1.54, 1.807) is 11.0 Å². The van der Waals surface area contributed by atoms with Gasteiger partial charge in [-0.3, -0.25) is 14.9 Å². The van der Waals surface area contributed by atoms with Crippen LogP contribution in [0, 0.1) is 0 Å². The molecule has 8 nitrogen and oxygen atoms in total. The first kappa shape index (κ1) is 20.5. The fourth-order valence-corrected chi connectivity index (χ4v) is 2.66. The third kappa shape index (κ3) is 5.87. The van der Waals surface area contributed by atoms with Crippen molar-refractivity contribution in [1.29, 1.82) is 0 Å². The second-order valence-electron chi connectivity index (χ2n) is 6.58. The SMILES string of the molecule is CCCNC(=O)[C@H]1CN(CC(=O)NC(=O)N[C@@H](C)CC)c2ccccc2O1. The van der Waals surface area contributed by atoms with Crippen LogP contribution in [0.15, 0.2) is 24.3 Å². The van der Waals surface area contributed by atoms with Crippen LogP contribution in [0.3, 0.4) is 0 Å². The molecule has 1 aromatic carbocycles. The first-order valence-corrected chi connectivity index (χ1v) is 9.33. The first-order chi connectivity index (χ1) is 12.9. The number of carbonyl (C=O) groups excluding carboxylic acids is 3. The van der Waals surface area contributed by atoms with Gasteiger partial charge in [-0.2, -0.15) is 0 Å². The lowest BCUT2D eigenvalue weighted by Crippen LogP contribution is -2.52. The minimum absolute atomic E-state index is 0.0199.